The van der Waals surface area contributed by atoms with Gasteiger partial charge in [-0.15, -0.1) is 0 Å². The highest BCUT2D eigenvalue weighted by molar-refractivity contribution is 6.06. The van der Waals surface area contributed by atoms with E-state index in [9.17, 15) is 9.59 Å². The molecular weight excluding hydrogens is 596 g/mol. The van der Waals surface area contributed by atoms with Gasteiger partial charge in [0.1, 0.15) is 22.4 Å². The SMILES string of the molecule is CC(C)(C)OC(=O)n1cccc1-c1ncc(-c2ccc3c(c2)oc2cc(-c4cnc(-c5cccn5C(=O)OC(C)(C)C)[nH]4)ccc23)[nH]1. The fraction of sp³-hybridized carbons (Fsp3) is 0.222. The third-order valence-electron chi connectivity index (χ3n) is 7.41. The van der Waals surface area contributed by atoms with Crippen LogP contribution in [-0.4, -0.2) is 52.5 Å². The lowest BCUT2D eigenvalue weighted by atomic mass is 10.1. The summed E-state index contributed by atoms with van der Waals surface area (Å²) in [6.07, 6.45) is 5.84. The van der Waals surface area contributed by atoms with Crippen molar-refractivity contribution in [2.24, 2.45) is 0 Å². The standard InChI is InChI=1S/C36H34N6O5/c1-35(2,3)46-33(43)41-15-7-9-27(41)31-37-19-25(39-31)21-11-13-23-24-14-12-22(18-30(24)45-29(23)17-21)26-20-38-32(40-26)28-10-8-16-42(28)34(44)47-36(4,5)6/h7-20H,1-6H3,(H,37,39)(H,38,40). The van der Waals surface area contributed by atoms with Crippen molar-refractivity contribution in [3.63, 3.8) is 0 Å². The number of aromatic amines is 2. The number of imidazole rings is 2. The highest BCUT2D eigenvalue weighted by Gasteiger charge is 2.23. The molecule has 0 fully saturated rings. The molecule has 238 valence electrons. The van der Waals surface area contributed by atoms with Gasteiger partial charge >= 0.3 is 12.2 Å². The predicted molar refractivity (Wildman–Crippen MR) is 179 cm³/mol. The highest BCUT2D eigenvalue weighted by Crippen LogP contribution is 2.35. The third kappa shape index (κ3) is 5.83. The Morgan fingerprint density at radius 2 is 1.09 bits per heavy atom. The van der Waals surface area contributed by atoms with Crippen LogP contribution in [0.2, 0.25) is 0 Å². The third-order valence-corrected chi connectivity index (χ3v) is 7.41. The Bertz CT molecular complexity index is 2120. The zero-order valence-electron chi connectivity index (χ0n) is 26.9. The number of ether oxygens (including phenoxy) is 2. The van der Waals surface area contributed by atoms with Gasteiger partial charge in [-0.05, 0) is 90.1 Å². The fourth-order valence-corrected chi connectivity index (χ4v) is 5.40. The van der Waals surface area contributed by atoms with Crippen LogP contribution in [0.4, 0.5) is 9.59 Å². The van der Waals surface area contributed by atoms with Crippen LogP contribution < -0.4 is 0 Å². The molecule has 7 rings (SSSR count). The molecule has 11 nitrogen and oxygen atoms in total. The van der Waals surface area contributed by atoms with Gasteiger partial charge in [0.05, 0.1) is 35.2 Å². The minimum Gasteiger partial charge on any atom is -0.456 e. The molecule has 0 radical (unpaired) electrons. The maximum Gasteiger partial charge on any atom is 0.419 e. The van der Waals surface area contributed by atoms with E-state index in [0.29, 0.717) is 23.0 Å². The van der Waals surface area contributed by atoms with Crippen LogP contribution in [0.25, 0.3) is 67.5 Å². The Kier molecular flexibility index (Phi) is 6.92. The van der Waals surface area contributed by atoms with Crippen molar-refractivity contribution in [2.45, 2.75) is 52.7 Å². The average Bonchev–Trinajstić information content (AvgIpc) is 3.83. The van der Waals surface area contributed by atoms with Crippen molar-refractivity contribution in [1.82, 2.24) is 29.1 Å². The molecule has 0 bridgehead atoms. The minimum atomic E-state index is -0.618. The molecule has 0 saturated carbocycles. The van der Waals surface area contributed by atoms with Gasteiger partial charge in [-0.2, -0.15) is 0 Å². The van der Waals surface area contributed by atoms with Crippen LogP contribution in [0.3, 0.4) is 0 Å². The summed E-state index contributed by atoms with van der Waals surface area (Å²) in [7, 11) is 0. The maximum absolute atomic E-state index is 12.7. The number of nitrogens with zero attached hydrogens (tertiary/aromatic N) is 4. The van der Waals surface area contributed by atoms with Crippen LogP contribution in [0.5, 0.6) is 0 Å². The van der Waals surface area contributed by atoms with Crippen LogP contribution in [0.1, 0.15) is 41.5 Å². The number of carbonyl (C=O) groups is 2. The molecule has 47 heavy (non-hydrogen) atoms. The summed E-state index contributed by atoms with van der Waals surface area (Å²) in [5, 5.41) is 1.96. The van der Waals surface area contributed by atoms with E-state index in [1.807, 2.05) is 90.1 Å². The predicted octanol–water partition coefficient (Wildman–Crippen LogP) is 8.87. The molecule has 0 aliphatic rings. The van der Waals surface area contributed by atoms with Crippen molar-refractivity contribution >= 4 is 34.1 Å². The number of hydrogen-bond acceptors (Lipinski definition) is 7. The molecule has 0 amide bonds. The van der Waals surface area contributed by atoms with E-state index >= 15 is 0 Å². The normalized spacial score (nSPS) is 12.2. The monoisotopic (exact) mass is 630 g/mol. The maximum atomic E-state index is 12.7. The average molecular weight is 631 g/mol. The molecule has 0 aliphatic heterocycles. The Hall–Kier alpha value is -5.84. The van der Waals surface area contributed by atoms with E-state index in [1.165, 1.54) is 9.13 Å². The lowest BCUT2D eigenvalue weighted by molar-refractivity contribution is 0.0528. The second-order valence-corrected chi connectivity index (χ2v) is 13.3. The number of hydrogen-bond donors (Lipinski definition) is 2. The van der Waals surface area contributed by atoms with Gasteiger partial charge in [-0.1, -0.05) is 12.1 Å². The number of benzene rings is 2. The largest absolute Gasteiger partial charge is 0.456 e. The number of rotatable bonds is 4. The number of fused-ring (bicyclic) bond motifs is 3. The van der Waals surface area contributed by atoms with Crippen LogP contribution in [0, 0.1) is 0 Å². The van der Waals surface area contributed by atoms with Gasteiger partial charge < -0.3 is 23.9 Å². The first-order valence-electron chi connectivity index (χ1n) is 15.2. The lowest BCUT2D eigenvalue weighted by Crippen LogP contribution is -2.27. The smallest absolute Gasteiger partial charge is 0.419 e. The van der Waals surface area contributed by atoms with E-state index in [2.05, 4.69) is 19.9 Å². The molecular formula is C36H34N6O5. The molecule has 0 atom stereocenters. The number of furan rings is 1. The summed E-state index contributed by atoms with van der Waals surface area (Å²) in [6, 6.07) is 19.2. The van der Waals surface area contributed by atoms with Crippen molar-refractivity contribution in [3.05, 3.63) is 85.5 Å². The van der Waals surface area contributed by atoms with E-state index in [-0.39, 0.29) is 0 Å². The molecule has 2 N–H and O–H groups in total. The van der Waals surface area contributed by atoms with Crippen molar-refractivity contribution in [1.29, 1.82) is 0 Å². The summed E-state index contributed by atoms with van der Waals surface area (Å²) in [6.45, 7) is 11.0. The number of carbonyl (C=O) groups excluding carboxylic acids is 2. The van der Waals surface area contributed by atoms with Crippen molar-refractivity contribution < 1.29 is 23.5 Å². The fourth-order valence-electron chi connectivity index (χ4n) is 5.40. The van der Waals surface area contributed by atoms with E-state index in [0.717, 1.165) is 44.5 Å². The van der Waals surface area contributed by atoms with Crippen LogP contribution >= 0.6 is 0 Å². The molecule has 0 aliphatic carbocycles. The van der Waals surface area contributed by atoms with Gasteiger partial charge in [0.2, 0.25) is 0 Å². The lowest BCUT2D eigenvalue weighted by Gasteiger charge is -2.20. The summed E-state index contributed by atoms with van der Waals surface area (Å²) in [4.78, 5) is 41.2. The first kappa shape index (κ1) is 29.8. The van der Waals surface area contributed by atoms with Gasteiger partial charge in [0.25, 0.3) is 0 Å². The number of nitrogens with one attached hydrogen (secondary N) is 2. The topological polar surface area (TPSA) is 133 Å². The van der Waals surface area contributed by atoms with E-state index < -0.39 is 23.4 Å². The summed E-state index contributed by atoms with van der Waals surface area (Å²) >= 11 is 0. The first-order chi connectivity index (χ1) is 22.3. The van der Waals surface area contributed by atoms with Crippen molar-refractivity contribution in [3.8, 4) is 45.6 Å². The number of H-pyrrole nitrogens is 2. The quantitative estimate of drug-likeness (QED) is 0.198. The Balaban J connectivity index is 1.15. The zero-order chi connectivity index (χ0) is 33.1. The highest BCUT2D eigenvalue weighted by atomic mass is 16.6. The van der Waals surface area contributed by atoms with Crippen LogP contribution in [0.15, 0.2) is 89.9 Å². The summed E-state index contributed by atoms with van der Waals surface area (Å²) in [5.74, 6) is 1.09. The second-order valence-electron chi connectivity index (χ2n) is 13.3. The Labute approximate surface area is 270 Å². The molecule has 5 aromatic heterocycles. The molecule has 5 heterocycles. The van der Waals surface area contributed by atoms with Gasteiger partial charge in [-0.3, -0.25) is 0 Å². The van der Waals surface area contributed by atoms with E-state index in [4.69, 9.17) is 13.9 Å². The van der Waals surface area contributed by atoms with Gasteiger partial charge in [0.15, 0.2) is 11.6 Å². The number of aromatic nitrogens is 6. The minimum absolute atomic E-state index is 0.472. The zero-order valence-corrected chi connectivity index (χ0v) is 26.9. The Morgan fingerprint density at radius 3 is 1.49 bits per heavy atom. The first-order valence-corrected chi connectivity index (χ1v) is 15.2. The second kappa shape index (κ2) is 10.9. The summed E-state index contributed by atoms with van der Waals surface area (Å²) < 4.78 is 20.3. The summed E-state index contributed by atoms with van der Waals surface area (Å²) in [5.41, 5.74) is 4.74. The van der Waals surface area contributed by atoms with Gasteiger partial charge in [0, 0.05) is 34.3 Å². The van der Waals surface area contributed by atoms with Crippen molar-refractivity contribution in [2.75, 3.05) is 0 Å². The molecule has 0 spiro atoms. The van der Waals surface area contributed by atoms with E-state index in [1.54, 1.807) is 36.9 Å². The molecule has 0 unspecified atom stereocenters. The van der Waals surface area contributed by atoms with Gasteiger partial charge in [-0.25, -0.2) is 28.7 Å². The Morgan fingerprint density at radius 1 is 0.660 bits per heavy atom. The molecule has 7 aromatic rings. The molecule has 0 saturated heterocycles. The van der Waals surface area contributed by atoms with Crippen LogP contribution in [-0.2, 0) is 9.47 Å². The molecule has 11 heteroatoms. The molecule has 2 aromatic carbocycles.